The number of carbonyl (C=O) groups excluding carboxylic acids is 1. The van der Waals surface area contributed by atoms with Crippen molar-refractivity contribution in [3.63, 3.8) is 0 Å². The fourth-order valence-electron chi connectivity index (χ4n) is 2.33. The molecule has 0 aliphatic carbocycles. The lowest BCUT2D eigenvalue weighted by Gasteiger charge is -2.13. The molecule has 132 valence electrons. The van der Waals surface area contributed by atoms with Gasteiger partial charge in [-0.2, -0.15) is 0 Å². The summed E-state index contributed by atoms with van der Waals surface area (Å²) in [6.07, 6.45) is 0. The van der Waals surface area contributed by atoms with Crippen molar-refractivity contribution in [1.82, 2.24) is 0 Å². The zero-order valence-electron chi connectivity index (χ0n) is 13.5. The van der Waals surface area contributed by atoms with Crippen molar-refractivity contribution in [3.05, 3.63) is 92.9 Å². The van der Waals surface area contributed by atoms with E-state index in [9.17, 15) is 4.79 Å². The predicted molar refractivity (Wildman–Crippen MR) is 107 cm³/mol. The predicted octanol–water partition coefficient (Wildman–Crippen LogP) is 6.48. The van der Waals surface area contributed by atoms with Crippen LogP contribution in [0.1, 0.15) is 15.9 Å². The number of ether oxygens (including phenoxy) is 1. The van der Waals surface area contributed by atoms with Gasteiger partial charge in [-0.05, 0) is 35.9 Å². The first-order chi connectivity index (χ1) is 12.5. The summed E-state index contributed by atoms with van der Waals surface area (Å²) in [7, 11) is 0. The molecule has 0 fully saturated rings. The van der Waals surface area contributed by atoms with Crippen molar-refractivity contribution in [2.75, 3.05) is 5.32 Å². The van der Waals surface area contributed by atoms with Gasteiger partial charge in [0.05, 0.1) is 21.3 Å². The maximum Gasteiger partial charge on any atom is 0.259 e. The zero-order valence-corrected chi connectivity index (χ0v) is 15.8. The zero-order chi connectivity index (χ0) is 18.5. The van der Waals surface area contributed by atoms with E-state index in [1.807, 2.05) is 30.3 Å². The van der Waals surface area contributed by atoms with Crippen LogP contribution in [0, 0.1) is 0 Å². The molecule has 3 aromatic rings. The van der Waals surface area contributed by atoms with Gasteiger partial charge in [-0.1, -0.05) is 71.2 Å². The molecule has 6 heteroatoms. The first-order valence-corrected chi connectivity index (χ1v) is 8.89. The van der Waals surface area contributed by atoms with Crippen molar-refractivity contribution in [2.24, 2.45) is 0 Å². The Morgan fingerprint density at radius 2 is 1.69 bits per heavy atom. The van der Waals surface area contributed by atoms with E-state index in [1.165, 1.54) is 0 Å². The number of benzene rings is 3. The lowest BCUT2D eigenvalue weighted by molar-refractivity contribution is 0.102. The van der Waals surface area contributed by atoms with E-state index in [-0.39, 0.29) is 10.9 Å². The fraction of sp³-hybridized carbons (Fsp3) is 0.0500. The summed E-state index contributed by atoms with van der Waals surface area (Å²) < 4.78 is 5.81. The maximum absolute atomic E-state index is 12.7. The van der Waals surface area contributed by atoms with Gasteiger partial charge in [-0.3, -0.25) is 4.79 Å². The third kappa shape index (κ3) is 4.50. The molecular weight excluding hydrogens is 393 g/mol. The van der Waals surface area contributed by atoms with Crippen molar-refractivity contribution >= 4 is 46.4 Å². The minimum Gasteiger partial charge on any atom is -0.488 e. The molecule has 0 aliphatic rings. The fourth-order valence-corrected chi connectivity index (χ4v) is 2.85. The normalized spacial score (nSPS) is 10.4. The summed E-state index contributed by atoms with van der Waals surface area (Å²) in [5.41, 5.74) is 1.72. The Labute approximate surface area is 166 Å². The van der Waals surface area contributed by atoms with Gasteiger partial charge in [-0.15, -0.1) is 0 Å². The lowest BCUT2D eigenvalue weighted by Crippen LogP contribution is -2.14. The van der Waals surface area contributed by atoms with Crippen LogP contribution in [0.4, 0.5) is 5.69 Å². The average molecular weight is 407 g/mol. The van der Waals surface area contributed by atoms with Crippen LogP contribution < -0.4 is 10.1 Å². The minimum atomic E-state index is -0.389. The SMILES string of the molecule is O=C(Nc1cccc(Cl)c1Cl)c1cc(Cl)ccc1OCc1ccccc1. The highest BCUT2D eigenvalue weighted by molar-refractivity contribution is 6.44. The number of carbonyl (C=O) groups is 1. The first-order valence-electron chi connectivity index (χ1n) is 7.76. The molecule has 3 nitrogen and oxygen atoms in total. The van der Waals surface area contributed by atoms with Gasteiger partial charge in [0.15, 0.2) is 0 Å². The van der Waals surface area contributed by atoms with E-state index in [2.05, 4.69) is 5.32 Å². The highest BCUT2D eigenvalue weighted by Crippen LogP contribution is 2.31. The number of hydrogen-bond acceptors (Lipinski definition) is 2. The van der Waals surface area contributed by atoms with Crippen molar-refractivity contribution in [3.8, 4) is 5.75 Å². The van der Waals surface area contributed by atoms with Crippen LogP contribution in [0.25, 0.3) is 0 Å². The molecule has 0 heterocycles. The summed E-state index contributed by atoms with van der Waals surface area (Å²) in [5, 5.41) is 3.80. The van der Waals surface area contributed by atoms with E-state index < -0.39 is 0 Å². The van der Waals surface area contributed by atoms with Crippen LogP contribution in [-0.2, 0) is 6.61 Å². The minimum absolute atomic E-state index is 0.274. The molecule has 3 aromatic carbocycles. The highest BCUT2D eigenvalue weighted by atomic mass is 35.5. The van der Waals surface area contributed by atoms with Gasteiger partial charge < -0.3 is 10.1 Å². The Balaban J connectivity index is 1.82. The number of rotatable bonds is 5. The molecule has 0 bridgehead atoms. The van der Waals surface area contributed by atoms with Gasteiger partial charge in [0, 0.05) is 5.02 Å². The quantitative estimate of drug-likeness (QED) is 0.526. The standard InChI is InChI=1S/C20H14Cl3NO2/c21-14-9-10-18(26-12-13-5-2-1-3-6-13)15(11-14)20(25)24-17-8-4-7-16(22)19(17)23/h1-11H,12H2,(H,24,25). The Kier molecular flexibility index (Phi) is 6.04. The highest BCUT2D eigenvalue weighted by Gasteiger charge is 2.16. The van der Waals surface area contributed by atoms with Crippen molar-refractivity contribution in [1.29, 1.82) is 0 Å². The molecule has 0 saturated heterocycles. The lowest BCUT2D eigenvalue weighted by atomic mass is 10.1. The van der Waals surface area contributed by atoms with Crippen molar-refractivity contribution < 1.29 is 9.53 Å². The summed E-state index contributed by atoms with van der Waals surface area (Å²) in [5.74, 6) is 0.0358. The molecule has 0 radical (unpaired) electrons. The number of amides is 1. The maximum atomic E-state index is 12.7. The molecule has 0 aromatic heterocycles. The topological polar surface area (TPSA) is 38.3 Å². The number of halogens is 3. The third-order valence-corrected chi connectivity index (χ3v) is 4.68. The molecule has 26 heavy (non-hydrogen) atoms. The smallest absolute Gasteiger partial charge is 0.259 e. The molecule has 1 amide bonds. The molecule has 3 rings (SSSR count). The summed E-state index contributed by atoms with van der Waals surface area (Å²) in [6.45, 7) is 0.334. The molecule has 0 saturated carbocycles. The summed E-state index contributed by atoms with van der Waals surface area (Å²) in [6, 6.07) is 19.6. The Hall–Kier alpha value is -2.20. The largest absolute Gasteiger partial charge is 0.488 e. The Bertz CT molecular complexity index is 930. The molecule has 1 N–H and O–H groups in total. The molecule has 0 spiro atoms. The second-order valence-corrected chi connectivity index (χ2v) is 6.69. The van der Waals surface area contributed by atoms with E-state index in [4.69, 9.17) is 39.5 Å². The molecule has 0 atom stereocenters. The van der Waals surface area contributed by atoms with Crippen LogP contribution in [0.15, 0.2) is 66.7 Å². The van der Waals surface area contributed by atoms with Crippen LogP contribution in [0.5, 0.6) is 5.75 Å². The average Bonchev–Trinajstić information content (AvgIpc) is 2.65. The van der Waals surface area contributed by atoms with Gasteiger partial charge in [0.25, 0.3) is 5.91 Å². The van der Waals surface area contributed by atoms with Crippen LogP contribution in [-0.4, -0.2) is 5.91 Å². The summed E-state index contributed by atoms with van der Waals surface area (Å²) >= 11 is 18.2. The number of hydrogen-bond donors (Lipinski definition) is 1. The number of nitrogens with one attached hydrogen (secondary N) is 1. The van der Waals surface area contributed by atoms with Gasteiger partial charge in [0.2, 0.25) is 0 Å². The second-order valence-electron chi connectivity index (χ2n) is 5.47. The van der Waals surface area contributed by atoms with Crippen LogP contribution in [0.3, 0.4) is 0 Å². The van der Waals surface area contributed by atoms with E-state index in [0.29, 0.717) is 33.7 Å². The van der Waals surface area contributed by atoms with Gasteiger partial charge >= 0.3 is 0 Å². The monoisotopic (exact) mass is 405 g/mol. The second kappa shape index (κ2) is 8.45. The summed E-state index contributed by atoms with van der Waals surface area (Å²) in [4.78, 5) is 12.7. The van der Waals surface area contributed by atoms with E-state index in [1.54, 1.807) is 36.4 Å². The van der Waals surface area contributed by atoms with Crippen molar-refractivity contribution in [2.45, 2.75) is 6.61 Å². The third-order valence-electron chi connectivity index (χ3n) is 3.62. The first kappa shape index (κ1) is 18.6. The van der Waals surface area contributed by atoms with Gasteiger partial charge in [0.1, 0.15) is 12.4 Å². The molecule has 0 unspecified atom stereocenters. The molecule has 0 aliphatic heterocycles. The van der Waals surface area contributed by atoms with Crippen LogP contribution in [0.2, 0.25) is 15.1 Å². The molecular formula is C20H14Cl3NO2. The van der Waals surface area contributed by atoms with Gasteiger partial charge in [-0.25, -0.2) is 0 Å². The van der Waals surface area contributed by atoms with E-state index in [0.717, 1.165) is 5.56 Å². The Morgan fingerprint density at radius 1 is 0.923 bits per heavy atom. The van der Waals surface area contributed by atoms with E-state index >= 15 is 0 Å². The number of anilines is 1. The van der Waals surface area contributed by atoms with Crippen LogP contribution >= 0.6 is 34.8 Å². The Morgan fingerprint density at radius 3 is 2.46 bits per heavy atom.